The van der Waals surface area contributed by atoms with Crippen molar-refractivity contribution in [2.45, 2.75) is 40.3 Å². The summed E-state index contributed by atoms with van der Waals surface area (Å²) in [7, 11) is 1.95. The van der Waals surface area contributed by atoms with Crippen molar-refractivity contribution in [3.63, 3.8) is 0 Å². The number of hydrogen-bond donors (Lipinski definition) is 1. The predicted molar refractivity (Wildman–Crippen MR) is 79.4 cm³/mol. The maximum Gasteiger partial charge on any atom is 0.123 e. The van der Waals surface area contributed by atoms with Crippen molar-refractivity contribution in [3.05, 3.63) is 52.1 Å². The highest BCUT2D eigenvalue weighted by Crippen LogP contribution is 2.22. The van der Waals surface area contributed by atoms with Gasteiger partial charge >= 0.3 is 0 Å². The molecule has 0 radical (unpaired) electrons. The second-order valence-electron chi connectivity index (χ2n) is 5.32. The minimum Gasteiger partial charge on any atom is -0.313 e. The van der Waals surface area contributed by atoms with E-state index >= 15 is 0 Å². The van der Waals surface area contributed by atoms with Gasteiger partial charge in [-0.2, -0.15) is 5.10 Å². The van der Waals surface area contributed by atoms with Gasteiger partial charge in [0.15, 0.2) is 0 Å². The third kappa shape index (κ3) is 2.75. The van der Waals surface area contributed by atoms with E-state index < -0.39 is 0 Å². The van der Waals surface area contributed by atoms with Crippen molar-refractivity contribution < 1.29 is 4.39 Å². The van der Waals surface area contributed by atoms with Crippen LogP contribution in [0.25, 0.3) is 0 Å². The summed E-state index contributed by atoms with van der Waals surface area (Å²) in [5.74, 6) is -0.191. The summed E-state index contributed by atoms with van der Waals surface area (Å²) in [4.78, 5) is 0. The third-order valence-electron chi connectivity index (χ3n) is 3.93. The van der Waals surface area contributed by atoms with Crippen LogP contribution in [0.5, 0.6) is 0 Å². The molecular weight excluding hydrogens is 253 g/mol. The number of halogens is 1. The molecule has 0 bridgehead atoms. The van der Waals surface area contributed by atoms with Crippen LogP contribution in [0.2, 0.25) is 0 Å². The zero-order chi connectivity index (χ0) is 14.9. The van der Waals surface area contributed by atoms with Gasteiger partial charge in [-0.15, -0.1) is 0 Å². The number of nitrogens with one attached hydrogen (secondary N) is 1. The minimum atomic E-state index is -0.191. The topological polar surface area (TPSA) is 29.9 Å². The molecule has 1 aromatic carbocycles. The maximum absolute atomic E-state index is 13.2. The van der Waals surface area contributed by atoms with E-state index in [1.807, 2.05) is 31.6 Å². The van der Waals surface area contributed by atoms with Crippen LogP contribution >= 0.6 is 0 Å². The van der Waals surface area contributed by atoms with Gasteiger partial charge in [-0.3, -0.25) is 4.68 Å². The highest BCUT2D eigenvalue weighted by atomic mass is 19.1. The molecule has 4 heteroatoms. The highest BCUT2D eigenvalue weighted by molar-refractivity contribution is 5.31. The lowest BCUT2D eigenvalue weighted by atomic mass is 10.1. The molecule has 0 aliphatic rings. The molecule has 0 aliphatic heterocycles. The highest BCUT2D eigenvalue weighted by Gasteiger charge is 2.16. The molecule has 0 saturated carbocycles. The maximum atomic E-state index is 13.2. The van der Waals surface area contributed by atoms with E-state index in [9.17, 15) is 4.39 Å². The Hall–Kier alpha value is -1.68. The van der Waals surface area contributed by atoms with E-state index in [-0.39, 0.29) is 11.9 Å². The fourth-order valence-corrected chi connectivity index (χ4v) is 2.63. The minimum absolute atomic E-state index is 0.191. The third-order valence-corrected chi connectivity index (χ3v) is 3.93. The first-order valence-corrected chi connectivity index (χ1v) is 6.90. The summed E-state index contributed by atoms with van der Waals surface area (Å²) in [5.41, 5.74) is 5.51. The van der Waals surface area contributed by atoms with Crippen molar-refractivity contribution in [3.8, 4) is 0 Å². The summed E-state index contributed by atoms with van der Waals surface area (Å²) in [6.07, 6.45) is 0. The van der Waals surface area contributed by atoms with E-state index in [1.165, 1.54) is 11.6 Å². The zero-order valence-electron chi connectivity index (χ0n) is 12.8. The largest absolute Gasteiger partial charge is 0.313 e. The Labute approximate surface area is 119 Å². The summed E-state index contributed by atoms with van der Waals surface area (Å²) in [5, 5.41) is 7.88. The second kappa shape index (κ2) is 5.75. The molecule has 1 aromatic heterocycles. The first-order chi connectivity index (χ1) is 9.43. The van der Waals surface area contributed by atoms with Crippen molar-refractivity contribution >= 4 is 0 Å². The Kier molecular flexibility index (Phi) is 4.23. The van der Waals surface area contributed by atoms with Gasteiger partial charge in [0, 0.05) is 17.3 Å². The van der Waals surface area contributed by atoms with Gasteiger partial charge in [0.05, 0.1) is 12.2 Å². The Morgan fingerprint density at radius 3 is 2.60 bits per heavy atom. The number of rotatable bonds is 4. The van der Waals surface area contributed by atoms with Crippen LogP contribution in [0.3, 0.4) is 0 Å². The van der Waals surface area contributed by atoms with Crippen molar-refractivity contribution in [1.29, 1.82) is 0 Å². The number of hydrogen-bond acceptors (Lipinski definition) is 2. The fraction of sp³-hybridized carbons (Fsp3) is 0.438. The van der Waals surface area contributed by atoms with E-state index in [4.69, 9.17) is 0 Å². The normalized spacial score (nSPS) is 12.7. The molecule has 0 amide bonds. The second-order valence-corrected chi connectivity index (χ2v) is 5.32. The Morgan fingerprint density at radius 1 is 1.30 bits per heavy atom. The van der Waals surface area contributed by atoms with Crippen LogP contribution in [0.4, 0.5) is 4.39 Å². The van der Waals surface area contributed by atoms with Gasteiger partial charge in [0.2, 0.25) is 0 Å². The molecule has 0 spiro atoms. The van der Waals surface area contributed by atoms with Crippen molar-refractivity contribution in [2.24, 2.45) is 0 Å². The molecule has 0 saturated heterocycles. The van der Waals surface area contributed by atoms with Gasteiger partial charge in [0.1, 0.15) is 5.82 Å². The monoisotopic (exact) mass is 275 g/mol. The average molecular weight is 275 g/mol. The average Bonchev–Trinajstić information content (AvgIpc) is 2.67. The van der Waals surface area contributed by atoms with Crippen LogP contribution in [-0.4, -0.2) is 16.8 Å². The lowest BCUT2D eigenvalue weighted by molar-refractivity contribution is 0.618. The van der Waals surface area contributed by atoms with Crippen LogP contribution in [0.1, 0.15) is 41.0 Å². The Morgan fingerprint density at radius 2 is 2.00 bits per heavy atom. The summed E-state index contributed by atoms with van der Waals surface area (Å²) in [6, 6.07) is 5.18. The van der Waals surface area contributed by atoms with Crippen LogP contribution in [0.15, 0.2) is 18.2 Å². The molecule has 2 aromatic rings. The molecule has 1 N–H and O–H groups in total. The smallest absolute Gasteiger partial charge is 0.123 e. The molecule has 1 atom stereocenters. The van der Waals surface area contributed by atoms with Crippen molar-refractivity contribution in [2.75, 3.05) is 7.05 Å². The predicted octanol–water partition coefficient (Wildman–Crippen LogP) is 3.28. The van der Waals surface area contributed by atoms with Crippen LogP contribution < -0.4 is 5.32 Å². The van der Waals surface area contributed by atoms with Gasteiger partial charge in [-0.25, -0.2) is 4.39 Å². The Bertz CT molecular complexity index is 616. The lowest BCUT2D eigenvalue weighted by Crippen LogP contribution is -2.14. The first-order valence-electron chi connectivity index (χ1n) is 6.90. The molecule has 0 aliphatic carbocycles. The van der Waals surface area contributed by atoms with E-state index in [0.717, 1.165) is 22.5 Å². The van der Waals surface area contributed by atoms with E-state index in [0.29, 0.717) is 6.54 Å². The molecular formula is C16H22FN3. The van der Waals surface area contributed by atoms with Crippen molar-refractivity contribution in [1.82, 2.24) is 15.1 Å². The summed E-state index contributed by atoms with van der Waals surface area (Å²) in [6.45, 7) is 8.85. The Balaban J connectivity index is 2.35. The first kappa shape index (κ1) is 14.7. The fourth-order valence-electron chi connectivity index (χ4n) is 2.63. The van der Waals surface area contributed by atoms with E-state index in [2.05, 4.69) is 24.3 Å². The standard InChI is InChI=1S/C16H22FN3/c1-10-8-15(17)7-6-14(10)9-20-13(4)16(11(2)18-5)12(3)19-20/h6-8,11,18H,9H2,1-5H3. The van der Waals surface area contributed by atoms with Gasteiger partial charge in [0.25, 0.3) is 0 Å². The molecule has 108 valence electrons. The number of nitrogens with zero attached hydrogens (tertiary/aromatic N) is 2. The van der Waals surface area contributed by atoms with Crippen LogP contribution in [-0.2, 0) is 6.54 Å². The number of aryl methyl sites for hydroxylation is 2. The SMILES string of the molecule is CNC(C)c1c(C)nn(Cc2ccc(F)cc2C)c1C. The van der Waals surface area contributed by atoms with E-state index in [1.54, 1.807) is 6.07 Å². The molecule has 1 unspecified atom stereocenters. The van der Waals surface area contributed by atoms with Crippen LogP contribution in [0, 0.1) is 26.6 Å². The zero-order valence-corrected chi connectivity index (χ0v) is 12.8. The van der Waals surface area contributed by atoms with Gasteiger partial charge in [-0.1, -0.05) is 6.07 Å². The molecule has 2 rings (SSSR count). The molecule has 1 heterocycles. The molecule has 3 nitrogen and oxygen atoms in total. The quantitative estimate of drug-likeness (QED) is 0.928. The molecule has 0 fully saturated rings. The summed E-state index contributed by atoms with van der Waals surface area (Å²) >= 11 is 0. The van der Waals surface area contributed by atoms with Gasteiger partial charge in [-0.05, 0) is 58.0 Å². The number of aromatic nitrogens is 2. The summed E-state index contributed by atoms with van der Waals surface area (Å²) < 4.78 is 15.2. The number of benzene rings is 1. The van der Waals surface area contributed by atoms with Gasteiger partial charge < -0.3 is 5.32 Å². The molecule has 20 heavy (non-hydrogen) atoms. The lowest BCUT2D eigenvalue weighted by Gasteiger charge is -2.12.